The first-order valence-electron chi connectivity index (χ1n) is 9.46. The summed E-state index contributed by atoms with van der Waals surface area (Å²) in [6.45, 7) is 1.85. The Kier molecular flexibility index (Phi) is 5.90. The molecule has 0 bridgehead atoms. The Hall–Kier alpha value is -1.63. The van der Waals surface area contributed by atoms with Crippen LogP contribution >= 0.6 is 34.5 Å². The molecule has 148 valence electrons. The maximum absolute atomic E-state index is 12.7. The number of hydrogen-bond acceptors (Lipinski definition) is 3. The van der Waals surface area contributed by atoms with Crippen LogP contribution in [0.1, 0.15) is 31.2 Å². The summed E-state index contributed by atoms with van der Waals surface area (Å²) in [6, 6.07) is 5.39. The van der Waals surface area contributed by atoms with Crippen LogP contribution in [0.3, 0.4) is 0 Å². The van der Waals surface area contributed by atoms with Crippen molar-refractivity contribution in [3.63, 3.8) is 0 Å². The molecular formula is C20H21Cl2N3O2S. The minimum absolute atomic E-state index is 0.100. The lowest BCUT2D eigenvalue weighted by Crippen LogP contribution is -2.41. The van der Waals surface area contributed by atoms with Crippen LogP contribution < -0.4 is 4.80 Å². The van der Waals surface area contributed by atoms with E-state index in [0.717, 1.165) is 18.4 Å². The van der Waals surface area contributed by atoms with E-state index in [-0.39, 0.29) is 23.7 Å². The SMILES string of the molecule is O=C(N=c1sccn1Cc1ccc(Cl)cc1Cl)C1CCN(C(=O)C2CC2)CC1. The first kappa shape index (κ1) is 19.7. The fourth-order valence-corrected chi connectivity index (χ4v) is 4.66. The number of amides is 2. The minimum atomic E-state index is -0.113. The molecule has 0 spiro atoms. The van der Waals surface area contributed by atoms with E-state index in [9.17, 15) is 9.59 Å². The molecule has 4 rings (SSSR count). The van der Waals surface area contributed by atoms with E-state index in [1.807, 2.05) is 27.1 Å². The number of piperidine rings is 1. The second-order valence-electron chi connectivity index (χ2n) is 7.37. The van der Waals surface area contributed by atoms with E-state index in [1.165, 1.54) is 11.3 Å². The molecule has 2 fully saturated rings. The van der Waals surface area contributed by atoms with Crippen molar-refractivity contribution in [2.75, 3.05) is 13.1 Å². The molecule has 5 nitrogen and oxygen atoms in total. The number of rotatable bonds is 4. The van der Waals surface area contributed by atoms with Gasteiger partial charge in [-0.25, -0.2) is 0 Å². The first-order chi connectivity index (χ1) is 13.5. The summed E-state index contributed by atoms with van der Waals surface area (Å²) in [5.74, 6) is 0.287. The quantitative estimate of drug-likeness (QED) is 0.725. The van der Waals surface area contributed by atoms with Gasteiger partial charge in [0, 0.05) is 46.5 Å². The lowest BCUT2D eigenvalue weighted by Gasteiger charge is -2.30. The normalized spacial score (nSPS) is 18.5. The average molecular weight is 438 g/mol. The van der Waals surface area contributed by atoms with Crippen molar-refractivity contribution >= 4 is 46.4 Å². The highest BCUT2D eigenvalue weighted by molar-refractivity contribution is 7.07. The fraction of sp³-hybridized carbons (Fsp3) is 0.450. The molecule has 8 heteroatoms. The molecule has 1 aliphatic heterocycles. The monoisotopic (exact) mass is 437 g/mol. The number of carbonyl (C=O) groups excluding carboxylic acids is 2. The maximum atomic E-state index is 12.7. The Balaban J connectivity index is 1.42. The third kappa shape index (κ3) is 4.50. The van der Waals surface area contributed by atoms with Gasteiger partial charge in [-0.2, -0.15) is 4.99 Å². The standard InChI is InChI=1S/C20H21Cl2N3O2S/c21-16-4-3-15(17(22)11-16)12-25-9-10-28-20(25)23-18(26)13-5-7-24(8-6-13)19(27)14-1-2-14/h3-4,9-11,13-14H,1-2,5-8,12H2. The van der Waals surface area contributed by atoms with Gasteiger partial charge in [0.25, 0.3) is 5.91 Å². The Morgan fingerprint density at radius 2 is 1.86 bits per heavy atom. The number of aromatic nitrogens is 1. The summed E-state index contributed by atoms with van der Waals surface area (Å²) < 4.78 is 1.92. The van der Waals surface area contributed by atoms with Crippen molar-refractivity contribution in [2.45, 2.75) is 32.2 Å². The van der Waals surface area contributed by atoms with Gasteiger partial charge in [0.1, 0.15) is 0 Å². The Morgan fingerprint density at radius 3 is 2.54 bits per heavy atom. The van der Waals surface area contributed by atoms with Gasteiger partial charge in [0.05, 0.1) is 6.54 Å². The summed E-state index contributed by atoms with van der Waals surface area (Å²) in [5.41, 5.74) is 0.922. The molecule has 1 aromatic heterocycles. The molecule has 0 atom stereocenters. The van der Waals surface area contributed by atoms with E-state index in [1.54, 1.807) is 12.1 Å². The number of benzene rings is 1. The van der Waals surface area contributed by atoms with Crippen molar-refractivity contribution in [1.82, 2.24) is 9.47 Å². The minimum Gasteiger partial charge on any atom is -0.342 e. The van der Waals surface area contributed by atoms with Crippen molar-refractivity contribution in [1.29, 1.82) is 0 Å². The van der Waals surface area contributed by atoms with Crippen LogP contribution in [-0.4, -0.2) is 34.4 Å². The van der Waals surface area contributed by atoms with Gasteiger partial charge in [-0.3, -0.25) is 9.59 Å². The molecule has 0 N–H and O–H groups in total. The molecule has 1 saturated heterocycles. The van der Waals surface area contributed by atoms with Crippen LogP contribution in [0.25, 0.3) is 0 Å². The lowest BCUT2D eigenvalue weighted by atomic mass is 9.96. The average Bonchev–Trinajstić information content (AvgIpc) is 3.45. The highest BCUT2D eigenvalue weighted by Gasteiger charge is 2.35. The molecule has 28 heavy (non-hydrogen) atoms. The van der Waals surface area contributed by atoms with E-state index < -0.39 is 0 Å². The highest BCUT2D eigenvalue weighted by Crippen LogP contribution is 2.32. The van der Waals surface area contributed by atoms with Gasteiger partial charge in [-0.1, -0.05) is 29.3 Å². The first-order valence-corrected chi connectivity index (χ1v) is 11.1. The molecule has 1 saturated carbocycles. The van der Waals surface area contributed by atoms with E-state index in [0.29, 0.717) is 47.3 Å². The summed E-state index contributed by atoms with van der Waals surface area (Å²) in [5, 5.41) is 3.10. The molecule has 2 aromatic rings. The third-order valence-electron chi connectivity index (χ3n) is 5.30. The largest absolute Gasteiger partial charge is 0.342 e. The van der Waals surface area contributed by atoms with Gasteiger partial charge >= 0.3 is 0 Å². The van der Waals surface area contributed by atoms with Gasteiger partial charge in [0.2, 0.25) is 5.91 Å². The van der Waals surface area contributed by atoms with Crippen LogP contribution in [0, 0.1) is 11.8 Å². The van der Waals surface area contributed by atoms with Crippen molar-refractivity contribution in [3.8, 4) is 0 Å². The zero-order valence-corrected chi connectivity index (χ0v) is 17.6. The number of thiazole rings is 1. The van der Waals surface area contributed by atoms with E-state index in [4.69, 9.17) is 23.2 Å². The van der Waals surface area contributed by atoms with Gasteiger partial charge < -0.3 is 9.47 Å². The number of hydrogen-bond donors (Lipinski definition) is 0. The topological polar surface area (TPSA) is 54.7 Å². The van der Waals surface area contributed by atoms with Crippen molar-refractivity contribution < 1.29 is 9.59 Å². The molecule has 0 radical (unpaired) electrons. The van der Waals surface area contributed by atoms with Gasteiger partial charge in [0.15, 0.2) is 4.80 Å². The Labute approximate surface area is 177 Å². The molecule has 2 amide bonds. The molecule has 1 aliphatic carbocycles. The van der Waals surface area contributed by atoms with Crippen LogP contribution in [0.5, 0.6) is 0 Å². The fourth-order valence-electron chi connectivity index (χ4n) is 3.46. The van der Waals surface area contributed by atoms with Crippen molar-refractivity contribution in [3.05, 3.63) is 50.2 Å². The summed E-state index contributed by atoms with van der Waals surface area (Å²) in [6.07, 6.45) is 5.31. The second kappa shape index (κ2) is 8.39. The Bertz CT molecular complexity index is 956. The number of halogens is 2. The van der Waals surface area contributed by atoms with Crippen LogP contribution in [0.4, 0.5) is 0 Å². The predicted octanol–water partition coefficient (Wildman–Crippen LogP) is 3.98. The summed E-state index contributed by atoms with van der Waals surface area (Å²) >= 11 is 13.7. The van der Waals surface area contributed by atoms with Crippen molar-refractivity contribution in [2.24, 2.45) is 16.8 Å². The molecular weight excluding hydrogens is 417 g/mol. The van der Waals surface area contributed by atoms with Crippen LogP contribution in [-0.2, 0) is 16.1 Å². The third-order valence-corrected chi connectivity index (χ3v) is 6.69. The van der Waals surface area contributed by atoms with E-state index in [2.05, 4.69) is 4.99 Å². The van der Waals surface area contributed by atoms with Gasteiger partial charge in [-0.15, -0.1) is 11.3 Å². The summed E-state index contributed by atoms with van der Waals surface area (Å²) in [4.78, 5) is 31.8. The summed E-state index contributed by atoms with van der Waals surface area (Å²) in [7, 11) is 0. The Morgan fingerprint density at radius 1 is 1.11 bits per heavy atom. The second-order valence-corrected chi connectivity index (χ2v) is 9.09. The number of carbonyl (C=O) groups is 2. The van der Waals surface area contributed by atoms with E-state index >= 15 is 0 Å². The highest BCUT2D eigenvalue weighted by atomic mass is 35.5. The number of likely N-dealkylation sites (tertiary alicyclic amines) is 1. The molecule has 2 aliphatic rings. The zero-order chi connectivity index (χ0) is 19.7. The van der Waals surface area contributed by atoms with Crippen LogP contribution in [0.2, 0.25) is 10.0 Å². The lowest BCUT2D eigenvalue weighted by molar-refractivity contribution is -0.136. The van der Waals surface area contributed by atoms with Gasteiger partial charge in [-0.05, 0) is 43.4 Å². The van der Waals surface area contributed by atoms with Crippen LogP contribution in [0.15, 0.2) is 34.8 Å². The zero-order valence-electron chi connectivity index (χ0n) is 15.3. The number of nitrogens with zero attached hydrogens (tertiary/aromatic N) is 3. The molecule has 0 unspecified atom stereocenters. The predicted molar refractivity (Wildman–Crippen MR) is 110 cm³/mol. The molecule has 2 heterocycles. The molecule has 1 aromatic carbocycles. The maximum Gasteiger partial charge on any atom is 0.251 e. The smallest absolute Gasteiger partial charge is 0.251 e.